The Morgan fingerprint density at radius 1 is 1.13 bits per heavy atom. The largest absolute Gasteiger partial charge is 0.372 e. The lowest BCUT2D eigenvalue weighted by Crippen LogP contribution is -2.36. The lowest BCUT2D eigenvalue weighted by molar-refractivity contribution is -0.127. The van der Waals surface area contributed by atoms with Crippen LogP contribution in [-0.2, 0) is 9.59 Å². The summed E-state index contributed by atoms with van der Waals surface area (Å²) in [6, 6.07) is 15.2. The van der Waals surface area contributed by atoms with Crippen LogP contribution in [0.1, 0.15) is 19.4 Å². The van der Waals surface area contributed by atoms with Crippen molar-refractivity contribution in [2.24, 2.45) is 0 Å². The summed E-state index contributed by atoms with van der Waals surface area (Å²) in [5.74, 6) is -0.860. The molecule has 1 heterocycles. The zero-order chi connectivity index (χ0) is 22.4. The van der Waals surface area contributed by atoms with E-state index in [0.29, 0.717) is 10.6 Å². The van der Waals surface area contributed by atoms with E-state index in [1.54, 1.807) is 23.9 Å². The first-order chi connectivity index (χ1) is 14.9. The number of benzene rings is 2. The van der Waals surface area contributed by atoms with E-state index in [1.165, 1.54) is 0 Å². The van der Waals surface area contributed by atoms with Crippen molar-refractivity contribution in [2.45, 2.75) is 18.7 Å². The Morgan fingerprint density at radius 3 is 2.48 bits per heavy atom. The molecule has 0 atom stereocenters. The topological polar surface area (TPSA) is 69.7 Å². The highest BCUT2D eigenvalue weighted by molar-refractivity contribution is 8.18. The second-order valence-electron chi connectivity index (χ2n) is 6.81. The van der Waals surface area contributed by atoms with Gasteiger partial charge in [0.2, 0.25) is 5.91 Å². The van der Waals surface area contributed by atoms with Crippen molar-refractivity contribution >= 4 is 58.0 Å². The highest BCUT2D eigenvalue weighted by atomic mass is 32.2. The van der Waals surface area contributed by atoms with Gasteiger partial charge in [0.1, 0.15) is 6.54 Å². The molecule has 1 N–H and O–H groups in total. The molecule has 0 aromatic heterocycles. The van der Waals surface area contributed by atoms with Gasteiger partial charge < -0.3 is 10.2 Å². The lowest BCUT2D eigenvalue weighted by Gasteiger charge is -2.20. The summed E-state index contributed by atoms with van der Waals surface area (Å²) in [5, 5.41) is 2.30. The van der Waals surface area contributed by atoms with E-state index in [-0.39, 0.29) is 6.54 Å². The van der Waals surface area contributed by atoms with Crippen LogP contribution in [0, 0.1) is 0 Å². The third-order valence-electron chi connectivity index (χ3n) is 4.85. The van der Waals surface area contributed by atoms with Crippen LogP contribution in [0.3, 0.4) is 0 Å². The van der Waals surface area contributed by atoms with Gasteiger partial charge in [0.15, 0.2) is 0 Å². The molecular weight excluding hydrogens is 430 g/mol. The summed E-state index contributed by atoms with van der Waals surface area (Å²) in [7, 11) is 0. The van der Waals surface area contributed by atoms with Crippen LogP contribution < -0.4 is 10.2 Å². The van der Waals surface area contributed by atoms with E-state index in [4.69, 9.17) is 0 Å². The molecule has 0 unspecified atom stereocenters. The van der Waals surface area contributed by atoms with Gasteiger partial charge in [0.25, 0.3) is 11.1 Å². The molecule has 0 radical (unpaired) electrons. The van der Waals surface area contributed by atoms with Crippen molar-refractivity contribution in [1.82, 2.24) is 4.90 Å². The van der Waals surface area contributed by atoms with Gasteiger partial charge in [-0.2, -0.15) is 0 Å². The summed E-state index contributed by atoms with van der Waals surface area (Å²) in [6.45, 7) is 5.72. The third-order valence-corrected chi connectivity index (χ3v) is 6.48. The average molecular weight is 456 g/mol. The number of nitrogens with zero attached hydrogens (tertiary/aromatic N) is 2. The van der Waals surface area contributed by atoms with Gasteiger partial charge in [0, 0.05) is 29.4 Å². The molecule has 1 aliphatic heterocycles. The highest BCUT2D eigenvalue weighted by Crippen LogP contribution is 2.32. The van der Waals surface area contributed by atoms with Crippen LogP contribution in [0.5, 0.6) is 0 Å². The van der Waals surface area contributed by atoms with Gasteiger partial charge in [0.05, 0.1) is 4.91 Å². The fourth-order valence-electron chi connectivity index (χ4n) is 3.20. The van der Waals surface area contributed by atoms with Crippen LogP contribution >= 0.6 is 23.5 Å². The Bertz CT molecular complexity index is 1000. The van der Waals surface area contributed by atoms with Crippen molar-refractivity contribution in [3.63, 3.8) is 0 Å². The molecule has 162 valence electrons. The zero-order valence-electron chi connectivity index (χ0n) is 17.8. The van der Waals surface area contributed by atoms with E-state index >= 15 is 0 Å². The lowest BCUT2D eigenvalue weighted by atomic mass is 10.1. The molecule has 6 nitrogen and oxygen atoms in total. The molecule has 0 spiro atoms. The van der Waals surface area contributed by atoms with Gasteiger partial charge in [-0.05, 0) is 73.8 Å². The minimum absolute atomic E-state index is 0.313. The van der Waals surface area contributed by atoms with E-state index in [1.807, 2.05) is 48.7 Å². The summed E-state index contributed by atoms with van der Waals surface area (Å²) in [6.07, 6.45) is 3.64. The minimum atomic E-state index is -0.448. The number of hydrogen-bond acceptors (Lipinski definition) is 6. The second kappa shape index (κ2) is 10.5. The van der Waals surface area contributed by atoms with Crippen LogP contribution in [0.15, 0.2) is 58.3 Å². The average Bonchev–Trinajstić information content (AvgIpc) is 3.03. The molecule has 3 rings (SSSR count). The standard InChI is InChI=1S/C23H25N3O3S2/c1-4-25(5-2)18-11-9-16(10-12-18)13-20-22(28)26(23(29)31-20)15-21(27)24-17-7-6-8-19(14-17)30-3/h6-14H,4-5,15H2,1-3H3,(H,24,27)/b20-13+. The predicted molar refractivity (Wildman–Crippen MR) is 130 cm³/mol. The number of thioether (sulfide) groups is 2. The van der Waals surface area contributed by atoms with Crippen LogP contribution in [-0.4, -0.2) is 47.8 Å². The molecular formula is C23H25N3O3S2. The van der Waals surface area contributed by atoms with Crippen molar-refractivity contribution < 1.29 is 14.4 Å². The normalized spacial score (nSPS) is 14.9. The Balaban J connectivity index is 1.66. The molecule has 0 bridgehead atoms. The molecule has 0 aliphatic carbocycles. The van der Waals surface area contributed by atoms with E-state index in [0.717, 1.165) is 45.9 Å². The molecule has 3 amide bonds. The summed E-state index contributed by atoms with van der Waals surface area (Å²) in [5.41, 5.74) is 2.57. The first-order valence-electron chi connectivity index (χ1n) is 9.99. The number of rotatable bonds is 8. The Morgan fingerprint density at radius 2 is 1.84 bits per heavy atom. The Hall–Kier alpha value is -2.71. The Labute approximate surface area is 191 Å². The zero-order valence-corrected chi connectivity index (χ0v) is 19.4. The molecule has 0 saturated carbocycles. The third kappa shape index (κ3) is 5.71. The van der Waals surface area contributed by atoms with Crippen molar-refractivity contribution in [2.75, 3.05) is 36.1 Å². The fourth-order valence-corrected chi connectivity index (χ4v) is 4.50. The number of hydrogen-bond donors (Lipinski definition) is 1. The van der Waals surface area contributed by atoms with Gasteiger partial charge in [-0.15, -0.1) is 11.8 Å². The van der Waals surface area contributed by atoms with Crippen molar-refractivity contribution in [3.8, 4) is 0 Å². The monoisotopic (exact) mass is 455 g/mol. The highest BCUT2D eigenvalue weighted by Gasteiger charge is 2.36. The van der Waals surface area contributed by atoms with Crippen molar-refractivity contribution in [1.29, 1.82) is 0 Å². The number of carbonyl (C=O) groups is 3. The smallest absolute Gasteiger partial charge is 0.294 e. The van der Waals surface area contributed by atoms with E-state index in [9.17, 15) is 14.4 Å². The van der Waals surface area contributed by atoms with Crippen molar-refractivity contribution in [3.05, 3.63) is 59.0 Å². The van der Waals surface area contributed by atoms with Gasteiger partial charge in [-0.25, -0.2) is 0 Å². The number of anilines is 2. The fraction of sp³-hybridized carbons (Fsp3) is 0.261. The molecule has 1 fully saturated rings. The van der Waals surface area contributed by atoms with E-state index < -0.39 is 17.1 Å². The van der Waals surface area contributed by atoms with Crippen LogP contribution in [0.25, 0.3) is 6.08 Å². The maximum absolute atomic E-state index is 12.7. The van der Waals surface area contributed by atoms with E-state index in [2.05, 4.69) is 24.1 Å². The van der Waals surface area contributed by atoms with Crippen LogP contribution in [0.2, 0.25) is 0 Å². The molecule has 1 saturated heterocycles. The summed E-state index contributed by atoms with van der Waals surface area (Å²) >= 11 is 2.42. The molecule has 2 aromatic carbocycles. The minimum Gasteiger partial charge on any atom is -0.372 e. The van der Waals surface area contributed by atoms with Gasteiger partial charge in [-0.1, -0.05) is 18.2 Å². The molecule has 31 heavy (non-hydrogen) atoms. The molecule has 1 aliphatic rings. The second-order valence-corrected chi connectivity index (χ2v) is 8.68. The number of nitrogens with one attached hydrogen (secondary N) is 1. The quantitative estimate of drug-likeness (QED) is 0.450. The maximum Gasteiger partial charge on any atom is 0.294 e. The first-order valence-corrected chi connectivity index (χ1v) is 12.0. The molecule has 2 aromatic rings. The number of imide groups is 1. The SMILES string of the molecule is CCN(CC)c1ccc(/C=C2/SC(=O)N(CC(=O)Nc3cccc(SC)c3)C2=O)cc1. The summed E-state index contributed by atoms with van der Waals surface area (Å²) < 4.78 is 0. The predicted octanol–water partition coefficient (Wildman–Crippen LogP) is 4.93. The van der Waals surface area contributed by atoms with Crippen LogP contribution in [0.4, 0.5) is 16.2 Å². The number of amides is 3. The number of carbonyl (C=O) groups excluding carboxylic acids is 3. The van der Waals surface area contributed by atoms with Gasteiger partial charge >= 0.3 is 0 Å². The Kier molecular flexibility index (Phi) is 7.81. The molecule has 8 heteroatoms. The summed E-state index contributed by atoms with van der Waals surface area (Å²) in [4.78, 5) is 42.0. The van der Waals surface area contributed by atoms with Gasteiger partial charge in [-0.3, -0.25) is 19.3 Å². The first kappa shape index (κ1) is 23.0. The maximum atomic E-state index is 12.7.